The van der Waals surface area contributed by atoms with Crippen LogP contribution in [0, 0.1) is 11.8 Å². The zero-order valence-corrected chi connectivity index (χ0v) is 6.20. The molecule has 0 bridgehead atoms. The summed E-state index contributed by atoms with van der Waals surface area (Å²) < 4.78 is 24.8. The monoisotopic (exact) mass is 169 g/mol. The summed E-state index contributed by atoms with van der Waals surface area (Å²) in [6.45, 7) is 0. The van der Waals surface area contributed by atoms with Crippen LogP contribution in [-0.4, -0.2) is 12.0 Å². The first-order chi connectivity index (χ1) is 4.14. The normalized spacial score (nSPS) is 47.7. The molecule has 0 spiro atoms. The van der Waals surface area contributed by atoms with Gasteiger partial charge in [-0.1, -0.05) is 0 Å². The maximum atomic E-state index is 12.4. The van der Waals surface area contributed by atoms with Crippen LogP contribution in [0.3, 0.4) is 0 Å². The van der Waals surface area contributed by atoms with E-state index in [1.54, 1.807) is 0 Å². The van der Waals surface area contributed by atoms with Gasteiger partial charge >= 0.3 is 0 Å². The molecule has 4 heteroatoms. The molecular formula is C6H10ClF2N. The topological polar surface area (TPSA) is 26.0 Å². The average molecular weight is 170 g/mol. The fourth-order valence-corrected chi connectivity index (χ4v) is 1.92. The van der Waals surface area contributed by atoms with Crippen molar-refractivity contribution in [2.45, 2.75) is 24.8 Å². The fraction of sp³-hybridized carbons (Fsp3) is 1.00. The van der Waals surface area contributed by atoms with E-state index in [-0.39, 0.29) is 24.4 Å². The molecule has 2 fully saturated rings. The summed E-state index contributed by atoms with van der Waals surface area (Å²) in [7, 11) is 0. The summed E-state index contributed by atoms with van der Waals surface area (Å²) in [6.07, 6.45) is 1.43. The van der Waals surface area contributed by atoms with Crippen molar-refractivity contribution in [3.63, 3.8) is 0 Å². The molecule has 60 valence electrons. The quantitative estimate of drug-likeness (QED) is 0.583. The zero-order valence-electron chi connectivity index (χ0n) is 5.39. The molecule has 1 nitrogen and oxygen atoms in total. The zero-order chi connectivity index (χ0) is 6.65. The van der Waals surface area contributed by atoms with Gasteiger partial charge in [0.05, 0.1) is 0 Å². The van der Waals surface area contributed by atoms with Crippen LogP contribution in [0.25, 0.3) is 0 Å². The predicted octanol–water partition coefficient (Wildman–Crippen LogP) is 1.41. The number of hydrogen-bond donors (Lipinski definition) is 1. The molecule has 2 rings (SSSR count). The van der Waals surface area contributed by atoms with Crippen molar-refractivity contribution in [2.24, 2.45) is 17.6 Å². The SMILES string of the molecule is Cl.NC1CCC2C1C2(F)F. The number of alkyl halides is 2. The fourth-order valence-electron chi connectivity index (χ4n) is 1.92. The molecular weight excluding hydrogens is 160 g/mol. The van der Waals surface area contributed by atoms with Gasteiger partial charge in [-0.2, -0.15) is 0 Å². The molecule has 2 aliphatic carbocycles. The molecule has 10 heavy (non-hydrogen) atoms. The third-order valence-corrected chi connectivity index (χ3v) is 2.54. The van der Waals surface area contributed by atoms with Crippen molar-refractivity contribution in [3.05, 3.63) is 0 Å². The van der Waals surface area contributed by atoms with Crippen LogP contribution in [-0.2, 0) is 0 Å². The van der Waals surface area contributed by atoms with Crippen LogP contribution < -0.4 is 5.73 Å². The molecule has 3 atom stereocenters. The highest BCUT2D eigenvalue weighted by molar-refractivity contribution is 5.85. The van der Waals surface area contributed by atoms with Crippen molar-refractivity contribution in [1.82, 2.24) is 0 Å². The van der Waals surface area contributed by atoms with Crippen LogP contribution in [0.4, 0.5) is 8.78 Å². The first-order valence-corrected chi connectivity index (χ1v) is 3.27. The highest BCUT2D eigenvalue weighted by Crippen LogP contribution is 2.63. The Balaban J connectivity index is 0.000000500. The van der Waals surface area contributed by atoms with Gasteiger partial charge in [-0.25, -0.2) is 8.78 Å². The molecule has 2 aliphatic rings. The number of halogens is 3. The van der Waals surface area contributed by atoms with Crippen LogP contribution in [0.1, 0.15) is 12.8 Å². The van der Waals surface area contributed by atoms with E-state index in [0.717, 1.165) is 6.42 Å². The number of nitrogens with two attached hydrogens (primary N) is 1. The van der Waals surface area contributed by atoms with E-state index < -0.39 is 11.8 Å². The Hall–Kier alpha value is 0.110. The summed E-state index contributed by atoms with van der Waals surface area (Å²) in [4.78, 5) is 0. The van der Waals surface area contributed by atoms with Crippen molar-refractivity contribution < 1.29 is 8.78 Å². The van der Waals surface area contributed by atoms with Crippen molar-refractivity contribution >= 4 is 12.4 Å². The van der Waals surface area contributed by atoms with Crippen LogP contribution in [0.15, 0.2) is 0 Å². The van der Waals surface area contributed by atoms with Crippen LogP contribution in [0.2, 0.25) is 0 Å². The van der Waals surface area contributed by atoms with Crippen molar-refractivity contribution in [1.29, 1.82) is 0 Å². The van der Waals surface area contributed by atoms with Crippen molar-refractivity contribution in [2.75, 3.05) is 0 Å². The standard InChI is InChI=1S/C6H9F2N.ClH/c7-6(8)3-1-2-4(9)5(3)6;/h3-5H,1-2,9H2;1H. The van der Waals surface area contributed by atoms with E-state index in [1.807, 2.05) is 0 Å². The third-order valence-electron chi connectivity index (χ3n) is 2.54. The Morgan fingerprint density at radius 1 is 1.30 bits per heavy atom. The Morgan fingerprint density at radius 3 is 2.10 bits per heavy atom. The lowest BCUT2D eigenvalue weighted by Gasteiger charge is -2.05. The molecule has 0 heterocycles. The van der Waals surface area contributed by atoms with Gasteiger partial charge in [-0.3, -0.25) is 0 Å². The summed E-state index contributed by atoms with van der Waals surface area (Å²) >= 11 is 0. The molecule has 0 amide bonds. The highest BCUT2D eigenvalue weighted by atomic mass is 35.5. The third kappa shape index (κ3) is 0.768. The molecule has 0 saturated heterocycles. The minimum Gasteiger partial charge on any atom is -0.327 e. The van der Waals surface area contributed by atoms with E-state index >= 15 is 0 Å². The van der Waals surface area contributed by atoms with Crippen LogP contribution in [0.5, 0.6) is 0 Å². The Kier molecular flexibility index (Phi) is 1.68. The predicted molar refractivity (Wildman–Crippen MR) is 36.4 cm³/mol. The lowest BCUT2D eigenvalue weighted by Crippen LogP contribution is -2.23. The van der Waals surface area contributed by atoms with E-state index in [9.17, 15) is 8.78 Å². The second-order valence-corrected chi connectivity index (χ2v) is 3.05. The average Bonchev–Trinajstić information content (AvgIpc) is 2.19. The van der Waals surface area contributed by atoms with Gasteiger partial charge in [0.2, 0.25) is 0 Å². The first-order valence-electron chi connectivity index (χ1n) is 3.27. The lowest BCUT2D eigenvalue weighted by atomic mass is 10.2. The number of rotatable bonds is 0. The Labute approximate surface area is 64.4 Å². The molecule has 0 aromatic carbocycles. The van der Waals surface area contributed by atoms with Crippen LogP contribution >= 0.6 is 12.4 Å². The minimum absolute atomic E-state index is 0. The maximum Gasteiger partial charge on any atom is 0.256 e. The van der Waals surface area contributed by atoms with Crippen molar-refractivity contribution in [3.8, 4) is 0 Å². The van der Waals surface area contributed by atoms with Gasteiger partial charge in [0.25, 0.3) is 5.92 Å². The van der Waals surface area contributed by atoms with E-state index in [2.05, 4.69) is 0 Å². The molecule has 0 aromatic heterocycles. The van der Waals surface area contributed by atoms with E-state index in [0.29, 0.717) is 6.42 Å². The van der Waals surface area contributed by atoms with Gasteiger partial charge in [-0.05, 0) is 12.8 Å². The van der Waals surface area contributed by atoms with E-state index in [4.69, 9.17) is 5.73 Å². The van der Waals surface area contributed by atoms with Gasteiger partial charge in [-0.15, -0.1) is 12.4 Å². The smallest absolute Gasteiger partial charge is 0.256 e. The summed E-state index contributed by atoms with van der Waals surface area (Å²) in [5, 5.41) is 0. The molecule has 0 aliphatic heterocycles. The second-order valence-electron chi connectivity index (χ2n) is 3.05. The van der Waals surface area contributed by atoms with Gasteiger partial charge in [0.15, 0.2) is 0 Å². The molecule has 0 aromatic rings. The molecule has 2 N–H and O–H groups in total. The molecule has 3 unspecified atom stereocenters. The largest absolute Gasteiger partial charge is 0.327 e. The minimum atomic E-state index is -2.39. The molecule has 0 radical (unpaired) electrons. The summed E-state index contributed by atoms with van der Waals surface area (Å²) in [5.41, 5.74) is 5.42. The lowest BCUT2D eigenvalue weighted by molar-refractivity contribution is 0.0687. The first kappa shape index (κ1) is 8.21. The summed E-state index contributed by atoms with van der Waals surface area (Å²) in [5.74, 6) is -3.21. The number of hydrogen-bond acceptors (Lipinski definition) is 1. The van der Waals surface area contributed by atoms with Gasteiger partial charge < -0.3 is 5.73 Å². The maximum absolute atomic E-state index is 12.4. The van der Waals surface area contributed by atoms with E-state index in [1.165, 1.54) is 0 Å². The Morgan fingerprint density at radius 2 is 1.90 bits per heavy atom. The Bertz CT molecular complexity index is 151. The van der Waals surface area contributed by atoms with Gasteiger partial charge in [0.1, 0.15) is 0 Å². The summed E-state index contributed by atoms with van der Waals surface area (Å²) in [6, 6.07) is -0.218. The molecule has 2 saturated carbocycles. The second kappa shape index (κ2) is 2.05. The van der Waals surface area contributed by atoms with Gasteiger partial charge in [0, 0.05) is 17.9 Å². The highest BCUT2D eigenvalue weighted by Gasteiger charge is 2.72. The number of fused-ring (bicyclic) bond motifs is 1.